The molecule has 0 unspecified atom stereocenters. The lowest BCUT2D eigenvalue weighted by Gasteiger charge is -2.17. The molecule has 0 saturated carbocycles. The number of nitrogens with one attached hydrogen (secondary N) is 1. The topological polar surface area (TPSA) is 54.2 Å². The molecule has 5 nitrogen and oxygen atoms in total. The fraction of sp³-hybridized carbons (Fsp3) is 0.467. The van der Waals surface area contributed by atoms with Gasteiger partial charge in [0, 0.05) is 24.8 Å². The van der Waals surface area contributed by atoms with Crippen molar-refractivity contribution in [1.82, 2.24) is 9.97 Å². The van der Waals surface area contributed by atoms with Crippen molar-refractivity contribution < 1.29 is 4.42 Å². The zero-order valence-corrected chi connectivity index (χ0v) is 11.8. The summed E-state index contributed by atoms with van der Waals surface area (Å²) >= 11 is 0. The van der Waals surface area contributed by atoms with Crippen molar-refractivity contribution in [2.45, 2.75) is 32.7 Å². The van der Waals surface area contributed by atoms with Crippen molar-refractivity contribution in [3.63, 3.8) is 0 Å². The van der Waals surface area contributed by atoms with E-state index < -0.39 is 0 Å². The lowest BCUT2D eigenvalue weighted by molar-refractivity contribution is 0.518. The minimum atomic E-state index is 0.645. The number of hydrogen-bond donors (Lipinski definition) is 1. The van der Waals surface area contributed by atoms with Crippen LogP contribution in [-0.4, -0.2) is 23.1 Å². The normalized spacial score (nSPS) is 14.8. The predicted octanol–water partition coefficient (Wildman–Crippen LogP) is 2.84. The highest BCUT2D eigenvalue weighted by Gasteiger charge is 2.16. The Morgan fingerprint density at radius 1 is 1.30 bits per heavy atom. The number of aromatic nitrogens is 2. The van der Waals surface area contributed by atoms with Crippen LogP contribution in [0.4, 0.5) is 11.8 Å². The lowest BCUT2D eigenvalue weighted by Crippen LogP contribution is -2.21. The fourth-order valence-corrected chi connectivity index (χ4v) is 2.40. The highest BCUT2D eigenvalue weighted by Crippen LogP contribution is 2.19. The molecule has 1 aliphatic heterocycles. The van der Waals surface area contributed by atoms with Crippen LogP contribution in [0.5, 0.6) is 0 Å². The summed E-state index contributed by atoms with van der Waals surface area (Å²) in [6.45, 7) is 4.88. The number of rotatable bonds is 5. The average Bonchev–Trinajstić information content (AvgIpc) is 3.17. The van der Waals surface area contributed by atoms with Crippen LogP contribution >= 0.6 is 0 Å². The molecule has 3 rings (SSSR count). The molecule has 3 heterocycles. The molecule has 0 bridgehead atoms. The summed E-state index contributed by atoms with van der Waals surface area (Å²) in [6, 6.07) is 5.86. The highest BCUT2D eigenvalue weighted by atomic mass is 16.3. The molecule has 2 aromatic heterocycles. The van der Waals surface area contributed by atoms with Crippen molar-refractivity contribution in [3.8, 4) is 0 Å². The molecule has 1 saturated heterocycles. The van der Waals surface area contributed by atoms with Crippen LogP contribution in [0.15, 0.2) is 28.9 Å². The summed E-state index contributed by atoms with van der Waals surface area (Å²) in [5.41, 5.74) is 1.07. The Morgan fingerprint density at radius 3 is 2.85 bits per heavy atom. The first-order chi connectivity index (χ1) is 9.85. The van der Waals surface area contributed by atoms with Gasteiger partial charge in [0.15, 0.2) is 0 Å². The number of aryl methyl sites for hydroxylation is 1. The first-order valence-electron chi connectivity index (χ1n) is 7.24. The molecule has 1 fully saturated rings. The van der Waals surface area contributed by atoms with Gasteiger partial charge >= 0.3 is 0 Å². The van der Waals surface area contributed by atoms with Gasteiger partial charge in [0.25, 0.3) is 0 Å². The van der Waals surface area contributed by atoms with Crippen LogP contribution in [-0.2, 0) is 13.0 Å². The van der Waals surface area contributed by atoms with Gasteiger partial charge in [0.05, 0.1) is 12.8 Å². The zero-order valence-electron chi connectivity index (χ0n) is 11.8. The Balaban J connectivity index is 1.76. The van der Waals surface area contributed by atoms with Gasteiger partial charge < -0.3 is 14.6 Å². The molecule has 0 amide bonds. The molecular weight excluding hydrogens is 252 g/mol. The standard InChI is InChI=1S/C15H20N4O/c1-2-12-10-14(16-11-13-6-5-9-20-13)18-15(17-12)19-7-3-4-8-19/h5-6,9-10H,2-4,7-8,11H2,1H3,(H,16,17,18). The van der Waals surface area contributed by atoms with E-state index in [-0.39, 0.29) is 0 Å². The maximum Gasteiger partial charge on any atom is 0.227 e. The van der Waals surface area contributed by atoms with Crippen molar-refractivity contribution >= 4 is 11.8 Å². The zero-order chi connectivity index (χ0) is 13.8. The predicted molar refractivity (Wildman–Crippen MR) is 78.9 cm³/mol. The molecule has 0 spiro atoms. The first kappa shape index (κ1) is 13.0. The minimum Gasteiger partial charge on any atom is -0.467 e. The number of nitrogens with zero attached hydrogens (tertiary/aromatic N) is 3. The van der Waals surface area contributed by atoms with Gasteiger partial charge in [-0.25, -0.2) is 4.98 Å². The third-order valence-corrected chi connectivity index (χ3v) is 3.54. The maximum absolute atomic E-state index is 5.33. The van der Waals surface area contributed by atoms with Gasteiger partial charge in [-0.2, -0.15) is 4.98 Å². The molecule has 0 atom stereocenters. The van der Waals surface area contributed by atoms with E-state index >= 15 is 0 Å². The maximum atomic E-state index is 5.33. The van der Waals surface area contributed by atoms with E-state index in [9.17, 15) is 0 Å². The third kappa shape index (κ3) is 2.92. The lowest BCUT2D eigenvalue weighted by atomic mass is 10.3. The van der Waals surface area contributed by atoms with E-state index in [2.05, 4.69) is 27.1 Å². The van der Waals surface area contributed by atoms with E-state index in [1.807, 2.05) is 18.2 Å². The van der Waals surface area contributed by atoms with Crippen molar-refractivity contribution in [3.05, 3.63) is 35.9 Å². The van der Waals surface area contributed by atoms with E-state index in [4.69, 9.17) is 4.42 Å². The molecule has 5 heteroatoms. The molecule has 2 aromatic rings. The second-order valence-corrected chi connectivity index (χ2v) is 5.03. The Bertz CT molecular complexity index is 547. The summed E-state index contributed by atoms with van der Waals surface area (Å²) in [4.78, 5) is 11.5. The molecule has 106 valence electrons. The highest BCUT2D eigenvalue weighted by molar-refractivity contribution is 5.44. The Kier molecular flexibility index (Phi) is 3.85. The second-order valence-electron chi connectivity index (χ2n) is 5.03. The first-order valence-corrected chi connectivity index (χ1v) is 7.24. The minimum absolute atomic E-state index is 0.645. The molecule has 20 heavy (non-hydrogen) atoms. The monoisotopic (exact) mass is 272 g/mol. The van der Waals surface area contributed by atoms with Crippen LogP contribution in [0.3, 0.4) is 0 Å². The second kappa shape index (κ2) is 5.94. The quantitative estimate of drug-likeness (QED) is 0.907. The fourth-order valence-electron chi connectivity index (χ4n) is 2.40. The van der Waals surface area contributed by atoms with Gasteiger partial charge in [-0.3, -0.25) is 0 Å². The number of furan rings is 1. The number of hydrogen-bond acceptors (Lipinski definition) is 5. The molecular formula is C15H20N4O. The molecule has 0 aliphatic carbocycles. The van der Waals surface area contributed by atoms with Gasteiger partial charge in [0.2, 0.25) is 5.95 Å². The molecule has 1 aliphatic rings. The van der Waals surface area contributed by atoms with Crippen molar-refractivity contribution in [2.75, 3.05) is 23.3 Å². The van der Waals surface area contributed by atoms with Crippen LogP contribution in [0.25, 0.3) is 0 Å². The Labute approximate surface area is 119 Å². The molecule has 0 radical (unpaired) electrons. The Hall–Kier alpha value is -2.04. The summed E-state index contributed by atoms with van der Waals surface area (Å²) in [5, 5.41) is 3.31. The van der Waals surface area contributed by atoms with Crippen LogP contribution in [0, 0.1) is 0 Å². The van der Waals surface area contributed by atoms with Gasteiger partial charge in [-0.1, -0.05) is 6.92 Å². The van der Waals surface area contributed by atoms with Crippen molar-refractivity contribution in [2.24, 2.45) is 0 Å². The number of anilines is 2. The smallest absolute Gasteiger partial charge is 0.227 e. The average molecular weight is 272 g/mol. The van der Waals surface area contributed by atoms with Gasteiger partial charge in [-0.05, 0) is 31.4 Å². The van der Waals surface area contributed by atoms with Gasteiger partial charge in [0.1, 0.15) is 11.6 Å². The molecule has 0 aromatic carbocycles. The largest absolute Gasteiger partial charge is 0.467 e. The van der Waals surface area contributed by atoms with Crippen LogP contribution < -0.4 is 10.2 Å². The van der Waals surface area contributed by atoms with Crippen LogP contribution in [0.1, 0.15) is 31.2 Å². The molecule has 1 N–H and O–H groups in total. The summed E-state index contributed by atoms with van der Waals surface area (Å²) < 4.78 is 5.33. The Morgan fingerprint density at radius 2 is 2.15 bits per heavy atom. The SMILES string of the molecule is CCc1cc(NCc2ccco2)nc(N2CCCC2)n1. The summed E-state index contributed by atoms with van der Waals surface area (Å²) in [5.74, 6) is 2.63. The van der Waals surface area contributed by atoms with Crippen LogP contribution in [0.2, 0.25) is 0 Å². The van der Waals surface area contributed by atoms with E-state index in [1.54, 1.807) is 6.26 Å². The van der Waals surface area contributed by atoms with Gasteiger partial charge in [-0.15, -0.1) is 0 Å². The van der Waals surface area contributed by atoms with E-state index in [0.717, 1.165) is 42.7 Å². The summed E-state index contributed by atoms with van der Waals surface area (Å²) in [6.07, 6.45) is 5.06. The van der Waals surface area contributed by atoms with Crippen molar-refractivity contribution in [1.29, 1.82) is 0 Å². The third-order valence-electron chi connectivity index (χ3n) is 3.54. The van der Waals surface area contributed by atoms with E-state index in [0.29, 0.717) is 6.54 Å². The summed E-state index contributed by atoms with van der Waals surface area (Å²) in [7, 11) is 0. The van der Waals surface area contributed by atoms with E-state index in [1.165, 1.54) is 12.8 Å².